The number of allylic oxidation sites excluding steroid dienone is 1. The molecule has 0 saturated heterocycles. The Labute approximate surface area is 160 Å². The molecule has 2 aromatic carbocycles. The molecular formula is C20H21NO5S. The summed E-state index contributed by atoms with van der Waals surface area (Å²) in [7, 11) is 5.40. The van der Waals surface area contributed by atoms with Crippen LogP contribution in [-0.4, -0.2) is 44.2 Å². The summed E-state index contributed by atoms with van der Waals surface area (Å²) in [6.45, 7) is 0. The van der Waals surface area contributed by atoms with Crippen molar-refractivity contribution in [2.24, 2.45) is 0 Å². The van der Waals surface area contributed by atoms with Gasteiger partial charge in [-0.25, -0.2) is 0 Å². The molecule has 7 heteroatoms. The Hall–Kier alpha value is -2.80. The minimum Gasteiger partial charge on any atom is -0.493 e. The molecule has 27 heavy (non-hydrogen) atoms. The van der Waals surface area contributed by atoms with E-state index in [1.54, 1.807) is 30.3 Å². The van der Waals surface area contributed by atoms with Gasteiger partial charge in [0, 0.05) is 12.6 Å². The normalized spacial score (nSPS) is 15.7. The van der Waals surface area contributed by atoms with Crippen LogP contribution in [0.25, 0.3) is 6.08 Å². The van der Waals surface area contributed by atoms with E-state index >= 15 is 0 Å². The minimum atomic E-state index is -1.10. The highest BCUT2D eigenvalue weighted by molar-refractivity contribution is 7.85. The Bertz CT molecular complexity index is 913. The Morgan fingerprint density at radius 3 is 2.33 bits per heavy atom. The number of anilines is 1. The van der Waals surface area contributed by atoms with E-state index in [1.807, 2.05) is 18.0 Å². The van der Waals surface area contributed by atoms with Crippen molar-refractivity contribution in [2.45, 2.75) is 4.90 Å². The Balaban J connectivity index is 1.87. The predicted molar refractivity (Wildman–Crippen MR) is 106 cm³/mol. The number of fused-ring (bicyclic) bond motifs is 1. The number of nitrogens with zero attached hydrogens (tertiary/aromatic N) is 1. The molecule has 1 aliphatic rings. The van der Waals surface area contributed by atoms with E-state index in [-0.39, 0.29) is 5.78 Å². The number of benzene rings is 2. The summed E-state index contributed by atoms with van der Waals surface area (Å²) in [5.74, 6) is 1.81. The van der Waals surface area contributed by atoms with Gasteiger partial charge in [-0.15, -0.1) is 0 Å². The summed E-state index contributed by atoms with van der Waals surface area (Å²) in [4.78, 5) is 15.2. The smallest absolute Gasteiger partial charge is 0.203 e. The van der Waals surface area contributed by atoms with E-state index in [1.165, 1.54) is 27.4 Å². The van der Waals surface area contributed by atoms with Crippen LogP contribution < -0.4 is 19.1 Å². The van der Waals surface area contributed by atoms with Crippen LogP contribution in [0.15, 0.2) is 41.3 Å². The number of hydrogen-bond donors (Lipinski definition) is 0. The van der Waals surface area contributed by atoms with Crippen LogP contribution in [0.5, 0.6) is 17.2 Å². The van der Waals surface area contributed by atoms with Crippen molar-refractivity contribution < 1.29 is 23.2 Å². The number of rotatable bonds is 6. The maximum Gasteiger partial charge on any atom is 0.203 e. The topological polar surface area (TPSA) is 65.1 Å². The lowest BCUT2D eigenvalue weighted by atomic mass is 10.1. The molecule has 1 unspecified atom stereocenters. The van der Waals surface area contributed by atoms with Crippen LogP contribution in [0.1, 0.15) is 15.9 Å². The molecule has 0 spiro atoms. The molecule has 0 amide bonds. The van der Waals surface area contributed by atoms with Crippen molar-refractivity contribution >= 4 is 28.3 Å². The average Bonchev–Trinajstić information content (AvgIpc) is 2.98. The van der Waals surface area contributed by atoms with Crippen molar-refractivity contribution in [3.05, 3.63) is 47.5 Å². The summed E-state index contributed by atoms with van der Waals surface area (Å²) < 4.78 is 28.1. The highest BCUT2D eigenvalue weighted by Gasteiger charge is 2.23. The lowest BCUT2D eigenvalue weighted by molar-refractivity contribution is 0.104. The van der Waals surface area contributed by atoms with E-state index < -0.39 is 10.8 Å². The van der Waals surface area contributed by atoms with E-state index in [9.17, 15) is 9.00 Å². The van der Waals surface area contributed by atoms with Crippen LogP contribution >= 0.6 is 0 Å². The molecular weight excluding hydrogens is 366 g/mol. The van der Waals surface area contributed by atoms with Crippen molar-refractivity contribution in [3.63, 3.8) is 0 Å². The first-order valence-corrected chi connectivity index (χ1v) is 9.56. The van der Waals surface area contributed by atoms with Crippen LogP contribution in [0.2, 0.25) is 0 Å². The second-order valence-corrected chi connectivity index (χ2v) is 7.40. The molecule has 0 saturated carbocycles. The zero-order chi connectivity index (χ0) is 19.6. The fourth-order valence-electron chi connectivity index (χ4n) is 2.95. The molecule has 3 rings (SSSR count). The van der Waals surface area contributed by atoms with Gasteiger partial charge in [-0.1, -0.05) is 6.08 Å². The first-order chi connectivity index (χ1) is 13.0. The highest BCUT2D eigenvalue weighted by atomic mass is 32.2. The minimum absolute atomic E-state index is 0.168. The fourth-order valence-corrected chi connectivity index (χ4v) is 4.29. The van der Waals surface area contributed by atoms with Crippen molar-refractivity contribution in [3.8, 4) is 17.2 Å². The van der Waals surface area contributed by atoms with Crippen LogP contribution in [0.3, 0.4) is 0 Å². The third kappa shape index (κ3) is 3.68. The average molecular weight is 387 g/mol. The molecule has 6 nitrogen and oxygen atoms in total. The second kappa shape index (κ2) is 7.84. The summed E-state index contributed by atoms with van der Waals surface area (Å²) in [6.07, 6.45) is 3.16. The quantitative estimate of drug-likeness (QED) is 0.561. The molecule has 142 valence electrons. The van der Waals surface area contributed by atoms with Crippen LogP contribution in [0, 0.1) is 0 Å². The van der Waals surface area contributed by atoms with E-state index in [0.717, 1.165) is 11.3 Å². The number of ether oxygens (including phenoxy) is 3. The van der Waals surface area contributed by atoms with Crippen LogP contribution in [0.4, 0.5) is 5.69 Å². The van der Waals surface area contributed by atoms with Gasteiger partial charge in [0.25, 0.3) is 0 Å². The van der Waals surface area contributed by atoms with Gasteiger partial charge in [0.05, 0.1) is 48.6 Å². The summed E-state index contributed by atoms with van der Waals surface area (Å²) in [5, 5.41) is 0. The number of hydrogen-bond acceptors (Lipinski definition) is 6. The Morgan fingerprint density at radius 1 is 1.07 bits per heavy atom. The zero-order valence-electron chi connectivity index (χ0n) is 15.6. The van der Waals surface area contributed by atoms with Gasteiger partial charge >= 0.3 is 0 Å². The molecule has 0 aromatic heterocycles. The third-order valence-corrected chi connectivity index (χ3v) is 5.77. The van der Waals surface area contributed by atoms with Crippen LogP contribution in [-0.2, 0) is 10.8 Å². The fraction of sp³-hybridized carbons (Fsp3) is 0.250. The molecule has 0 aliphatic carbocycles. The number of carbonyl (C=O) groups is 1. The largest absolute Gasteiger partial charge is 0.493 e. The molecule has 0 fully saturated rings. The lowest BCUT2D eigenvalue weighted by Crippen LogP contribution is -2.13. The number of methoxy groups -OCH3 is 3. The van der Waals surface area contributed by atoms with Crippen molar-refractivity contribution in [1.29, 1.82) is 0 Å². The molecule has 0 bridgehead atoms. The first-order valence-electron chi connectivity index (χ1n) is 8.24. The Kier molecular flexibility index (Phi) is 5.51. The summed E-state index contributed by atoms with van der Waals surface area (Å²) in [6, 6.07) is 8.81. The van der Waals surface area contributed by atoms with Gasteiger partial charge in [-0.2, -0.15) is 0 Å². The second-order valence-electron chi connectivity index (χ2n) is 6.01. The standard InChI is InChI=1S/C20H21NO5S/c1-21-12-27(23)19-11-14(6-7-15(19)21)16(22)8-5-13-9-17(24-2)20(26-4)18(10-13)25-3/h5-11H,12H2,1-4H3. The Morgan fingerprint density at radius 2 is 1.74 bits per heavy atom. The molecule has 1 aliphatic heterocycles. The van der Waals surface area contributed by atoms with Gasteiger partial charge in [0.15, 0.2) is 17.3 Å². The SMILES string of the molecule is COc1cc(C=CC(=O)c2ccc3c(c2)S(=O)CN3C)cc(OC)c1OC. The van der Waals surface area contributed by atoms with E-state index in [2.05, 4.69) is 0 Å². The lowest BCUT2D eigenvalue weighted by Gasteiger charge is -2.12. The maximum absolute atomic E-state index is 12.6. The summed E-state index contributed by atoms with van der Waals surface area (Å²) >= 11 is 0. The van der Waals surface area contributed by atoms with E-state index in [0.29, 0.717) is 33.6 Å². The highest BCUT2D eigenvalue weighted by Crippen LogP contribution is 2.38. The summed E-state index contributed by atoms with van der Waals surface area (Å²) in [5.41, 5.74) is 2.14. The van der Waals surface area contributed by atoms with Gasteiger partial charge < -0.3 is 19.1 Å². The van der Waals surface area contributed by atoms with Gasteiger partial charge in [-0.3, -0.25) is 9.00 Å². The third-order valence-electron chi connectivity index (χ3n) is 4.33. The van der Waals surface area contributed by atoms with Crippen molar-refractivity contribution in [2.75, 3.05) is 39.2 Å². The van der Waals surface area contributed by atoms with E-state index in [4.69, 9.17) is 14.2 Å². The number of ketones is 1. The molecule has 1 atom stereocenters. The van der Waals surface area contributed by atoms with Crippen molar-refractivity contribution in [1.82, 2.24) is 0 Å². The monoisotopic (exact) mass is 387 g/mol. The maximum atomic E-state index is 12.6. The van der Waals surface area contributed by atoms with Gasteiger partial charge in [-0.05, 0) is 42.0 Å². The number of carbonyl (C=O) groups excluding carboxylic acids is 1. The van der Waals surface area contributed by atoms with Gasteiger partial charge in [0.1, 0.15) is 0 Å². The molecule has 0 N–H and O–H groups in total. The molecule has 2 aromatic rings. The molecule has 1 heterocycles. The van der Waals surface area contributed by atoms with Gasteiger partial charge in [0.2, 0.25) is 5.75 Å². The zero-order valence-corrected chi connectivity index (χ0v) is 16.5. The molecule has 0 radical (unpaired) electrons. The predicted octanol–water partition coefficient (Wildman–Crippen LogP) is 3.12. The first kappa shape index (κ1) is 19.0.